The molecule has 2 aromatic heterocycles. The summed E-state index contributed by atoms with van der Waals surface area (Å²) in [7, 11) is -3.47. The Morgan fingerprint density at radius 2 is 2.35 bits per heavy atom. The van der Waals surface area contributed by atoms with Gasteiger partial charge in [-0.3, -0.25) is 4.98 Å². The van der Waals surface area contributed by atoms with Crippen molar-refractivity contribution in [1.82, 2.24) is 9.29 Å². The summed E-state index contributed by atoms with van der Waals surface area (Å²) in [6.45, 7) is 3.54. The van der Waals surface area contributed by atoms with E-state index in [0.29, 0.717) is 19.6 Å². The monoisotopic (exact) mass is 311 g/mol. The Balaban J connectivity index is 1.95. The molecule has 108 valence electrons. The van der Waals surface area contributed by atoms with Crippen molar-refractivity contribution in [2.24, 2.45) is 11.1 Å². The normalized spacial score (nSPS) is 24.5. The molecule has 0 radical (unpaired) electrons. The number of hydrogen-bond acceptors (Lipinski definition) is 5. The number of thiophene rings is 1. The molecule has 7 heteroatoms. The number of rotatable bonds is 3. The molecule has 3 heterocycles. The third kappa shape index (κ3) is 2.24. The molecule has 20 heavy (non-hydrogen) atoms. The van der Waals surface area contributed by atoms with Gasteiger partial charge in [-0.05, 0) is 35.9 Å². The highest BCUT2D eigenvalue weighted by Crippen LogP contribution is 2.33. The molecule has 1 fully saturated rings. The van der Waals surface area contributed by atoms with Crippen molar-refractivity contribution in [2.75, 3.05) is 19.6 Å². The quantitative estimate of drug-likeness (QED) is 0.935. The van der Waals surface area contributed by atoms with E-state index in [9.17, 15) is 8.42 Å². The summed E-state index contributed by atoms with van der Waals surface area (Å²) >= 11 is 1.50. The molecule has 0 aromatic carbocycles. The summed E-state index contributed by atoms with van der Waals surface area (Å²) in [5, 5.41) is 1.91. The number of fused-ring (bicyclic) bond motifs is 1. The smallest absolute Gasteiger partial charge is 0.244 e. The second-order valence-corrected chi connectivity index (χ2v) is 8.46. The van der Waals surface area contributed by atoms with E-state index in [2.05, 4.69) is 4.98 Å². The van der Waals surface area contributed by atoms with Crippen LogP contribution in [0.2, 0.25) is 0 Å². The Labute approximate surface area is 122 Å². The Morgan fingerprint density at radius 3 is 3.05 bits per heavy atom. The van der Waals surface area contributed by atoms with Gasteiger partial charge in [0.2, 0.25) is 10.0 Å². The first-order valence-corrected chi connectivity index (χ1v) is 8.80. The second kappa shape index (κ2) is 4.77. The van der Waals surface area contributed by atoms with Gasteiger partial charge in [-0.15, -0.1) is 11.3 Å². The lowest BCUT2D eigenvalue weighted by Gasteiger charge is -2.22. The lowest BCUT2D eigenvalue weighted by atomic mass is 9.90. The van der Waals surface area contributed by atoms with E-state index in [1.54, 1.807) is 6.07 Å². The topological polar surface area (TPSA) is 76.3 Å². The summed E-state index contributed by atoms with van der Waals surface area (Å²) in [6, 6.07) is 3.60. The molecule has 0 bridgehead atoms. The molecule has 1 saturated heterocycles. The highest BCUT2D eigenvalue weighted by molar-refractivity contribution is 7.89. The van der Waals surface area contributed by atoms with Crippen molar-refractivity contribution < 1.29 is 8.42 Å². The summed E-state index contributed by atoms with van der Waals surface area (Å²) in [5.74, 6) is 0. The lowest BCUT2D eigenvalue weighted by Crippen LogP contribution is -2.34. The van der Waals surface area contributed by atoms with Crippen LogP contribution in [0.25, 0.3) is 10.2 Å². The van der Waals surface area contributed by atoms with E-state index in [0.717, 1.165) is 16.6 Å². The molecule has 0 spiro atoms. The summed E-state index contributed by atoms with van der Waals surface area (Å²) in [6.07, 6.45) is 2.25. The van der Waals surface area contributed by atoms with Crippen LogP contribution in [0.4, 0.5) is 0 Å². The van der Waals surface area contributed by atoms with E-state index in [1.807, 2.05) is 18.4 Å². The summed E-state index contributed by atoms with van der Waals surface area (Å²) < 4.78 is 27.7. The van der Waals surface area contributed by atoms with Crippen molar-refractivity contribution in [3.63, 3.8) is 0 Å². The van der Waals surface area contributed by atoms with E-state index < -0.39 is 10.0 Å². The predicted octanol–water partition coefficient (Wildman–Crippen LogP) is 1.66. The fraction of sp³-hybridized carbons (Fsp3) is 0.462. The minimum Gasteiger partial charge on any atom is -0.330 e. The highest BCUT2D eigenvalue weighted by atomic mass is 32.2. The van der Waals surface area contributed by atoms with Crippen LogP contribution < -0.4 is 5.73 Å². The van der Waals surface area contributed by atoms with E-state index in [4.69, 9.17) is 5.73 Å². The third-order valence-corrected chi connectivity index (χ3v) is 6.59. The fourth-order valence-corrected chi connectivity index (χ4v) is 4.89. The van der Waals surface area contributed by atoms with Crippen molar-refractivity contribution in [1.29, 1.82) is 0 Å². The molecule has 1 aliphatic heterocycles. The Hall–Kier alpha value is -1.02. The van der Waals surface area contributed by atoms with E-state index in [1.165, 1.54) is 21.8 Å². The van der Waals surface area contributed by atoms with Crippen LogP contribution in [0.5, 0.6) is 0 Å². The van der Waals surface area contributed by atoms with Crippen LogP contribution in [0.1, 0.15) is 13.3 Å². The Morgan fingerprint density at radius 1 is 1.55 bits per heavy atom. The summed E-state index contributed by atoms with van der Waals surface area (Å²) in [5.41, 5.74) is 6.46. The number of aromatic nitrogens is 1. The van der Waals surface area contributed by atoms with Gasteiger partial charge in [0.05, 0.1) is 10.2 Å². The van der Waals surface area contributed by atoms with Crippen molar-refractivity contribution in [3.8, 4) is 0 Å². The van der Waals surface area contributed by atoms with Crippen molar-refractivity contribution >= 4 is 31.6 Å². The van der Waals surface area contributed by atoms with E-state index in [-0.39, 0.29) is 10.3 Å². The van der Waals surface area contributed by atoms with Gasteiger partial charge in [0.25, 0.3) is 0 Å². The van der Waals surface area contributed by atoms with Crippen LogP contribution in [0.15, 0.2) is 28.6 Å². The SMILES string of the molecule is CC1(CN)CCN(S(=O)(=O)c2cnc3ccsc3c2)C1. The third-order valence-electron chi connectivity index (χ3n) is 3.93. The lowest BCUT2D eigenvalue weighted by molar-refractivity contribution is 0.349. The van der Waals surface area contributed by atoms with Gasteiger partial charge in [0, 0.05) is 19.3 Å². The summed E-state index contributed by atoms with van der Waals surface area (Å²) in [4.78, 5) is 4.49. The fourth-order valence-electron chi connectivity index (χ4n) is 2.47. The molecule has 0 amide bonds. The van der Waals surface area contributed by atoms with Gasteiger partial charge < -0.3 is 5.73 Å². The second-order valence-electron chi connectivity index (χ2n) is 5.58. The average Bonchev–Trinajstić information content (AvgIpc) is 3.05. The largest absolute Gasteiger partial charge is 0.330 e. The van der Waals surface area contributed by atoms with Gasteiger partial charge in [-0.1, -0.05) is 6.92 Å². The molecule has 1 aliphatic rings. The van der Waals surface area contributed by atoms with Crippen molar-refractivity contribution in [2.45, 2.75) is 18.2 Å². The van der Waals surface area contributed by atoms with Crippen LogP contribution in [0.3, 0.4) is 0 Å². The zero-order valence-electron chi connectivity index (χ0n) is 11.2. The highest BCUT2D eigenvalue weighted by Gasteiger charge is 2.39. The van der Waals surface area contributed by atoms with Gasteiger partial charge in [0.15, 0.2) is 0 Å². The maximum absolute atomic E-state index is 12.7. The zero-order chi connectivity index (χ0) is 14.4. The molecule has 1 atom stereocenters. The molecule has 3 rings (SSSR count). The molecule has 0 aliphatic carbocycles. The van der Waals surface area contributed by atoms with Crippen LogP contribution in [0, 0.1) is 5.41 Å². The van der Waals surface area contributed by atoms with Gasteiger partial charge in [0.1, 0.15) is 4.90 Å². The first-order chi connectivity index (χ1) is 9.44. The maximum Gasteiger partial charge on any atom is 0.244 e. The number of sulfonamides is 1. The first kappa shape index (κ1) is 13.9. The van der Waals surface area contributed by atoms with Crippen LogP contribution in [-0.2, 0) is 10.0 Å². The molecular weight excluding hydrogens is 294 g/mol. The minimum absolute atomic E-state index is 0.118. The zero-order valence-corrected chi connectivity index (χ0v) is 12.9. The molecule has 2 N–H and O–H groups in total. The van der Waals surface area contributed by atoms with Gasteiger partial charge >= 0.3 is 0 Å². The molecule has 5 nitrogen and oxygen atoms in total. The number of hydrogen-bond donors (Lipinski definition) is 1. The van der Waals surface area contributed by atoms with Gasteiger partial charge in [-0.2, -0.15) is 4.31 Å². The van der Waals surface area contributed by atoms with E-state index >= 15 is 0 Å². The van der Waals surface area contributed by atoms with Crippen LogP contribution >= 0.6 is 11.3 Å². The van der Waals surface area contributed by atoms with Crippen LogP contribution in [-0.4, -0.2) is 37.3 Å². The Bertz CT molecular complexity index is 741. The van der Waals surface area contributed by atoms with Gasteiger partial charge in [-0.25, -0.2) is 8.42 Å². The standard InChI is InChI=1S/C13H17N3O2S2/c1-13(8-14)3-4-16(9-13)20(17,18)10-6-12-11(15-7-10)2-5-19-12/h2,5-7H,3-4,8-9,14H2,1H3. The predicted molar refractivity (Wildman–Crippen MR) is 80.2 cm³/mol. The molecule has 1 unspecified atom stereocenters. The number of pyridine rings is 1. The first-order valence-electron chi connectivity index (χ1n) is 6.48. The number of nitrogens with zero attached hydrogens (tertiary/aromatic N) is 2. The Kier molecular flexibility index (Phi) is 3.32. The van der Waals surface area contributed by atoms with Crippen molar-refractivity contribution in [3.05, 3.63) is 23.7 Å². The molecule has 0 saturated carbocycles. The molecular formula is C13H17N3O2S2. The average molecular weight is 311 g/mol. The number of nitrogens with two attached hydrogens (primary N) is 1. The maximum atomic E-state index is 12.7. The molecule has 2 aromatic rings. The minimum atomic E-state index is -3.47.